The molecule has 3 unspecified atom stereocenters. The third kappa shape index (κ3) is 6.78. The Hall–Kier alpha value is -2.50. The maximum atomic E-state index is 16.5. The molecular weight excluding hydrogens is 1040 g/mol. The highest BCUT2D eigenvalue weighted by atomic mass is 32.2. The van der Waals surface area contributed by atoms with Crippen LogP contribution >= 0.6 is 0 Å². The standard InChI is InChI=1S/C20H10F32O8S2/c21-5(6(22,23)8(26,27)14(38,39)18(45,46)47,7(24,25)16(42,43)20(51,52)62(58,59)60)4(54,2-1-3-53)17(44,61(55,56)57)13(36,37)11(32,33)9(28,29)10(30,31)12(34,35)15(40,41)19(48,49)50/h53-54H,1-3H2,(H,55,56,57)(H,58,59,60). The van der Waals surface area contributed by atoms with E-state index in [9.17, 15) is 127 Å². The number of hydrogen-bond donors (Lipinski definition) is 4. The van der Waals surface area contributed by atoms with E-state index in [1.165, 1.54) is 0 Å². The first kappa shape index (κ1) is 59.5. The topological polar surface area (TPSA) is 149 Å². The smallest absolute Gasteiger partial charge is 0.396 e. The second-order valence-electron chi connectivity index (χ2n) is 11.7. The monoisotopic (exact) mass is 1050 g/mol. The van der Waals surface area contributed by atoms with Crippen molar-refractivity contribution in [2.24, 2.45) is 0 Å². The summed E-state index contributed by atoms with van der Waals surface area (Å²) in [6, 6.07) is 0. The summed E-state index contributed by atoms with van der Waals surface area (Å²) in [5.41, 5.74) is -20.4. The molecule has 0 bridgehead atoms. The lowest BCUT2D eigenvalue weighted by molar-refractivity contribution is -0.475. The lowest BCUT2D eigenvalue weighted by atomic mass is 9.64. The first-order chi connectivity index (χ1) is 26.1. The van der Waals surface area contributed by atoms with Crippen molar-refractivity contribution in [3.8, 4) is 0 Å². The number of aliphatic hydroxyl groups excluding tert-OH is 1. The largest absolute Gasteiger partial charge is 0.460 e. The zero-order valence-corrected chi connectivity index (χ0v) is 28.6. The molecule has 0 amide bonds. The fourth-order valence-corrected chi connectivity index (χ4v) is 6.14. The number of aliphatic hydroxyl groups is 2. The Balaban J connectivity index is 9.98. The van der Waals surface area contributed by atoms with Crippen molar-refractivity contribution in [3.63, 3.8) is 0 Å². The lowest BCUT2D eigenvalue weighted by Gasteiger charge is -2.56. The first-order valence-electron chi connectivity index (χ1n) is 13.4. The summed E-state index contributed by atoms with van der Waals surface area (Å²) in [5.74, 6) is -111. The highest BCUT2D eigenvalue weighted by Crippen LogP contribution is 2.73. The van der Waals surface area contributed by atoms with E-state index in [0.29, 0.717) is 0 Å². The van der Waals surface area contributed by atoms with Crippen molar-refractivity contribution < 1.29 is 177 Å². The molecule has 0 heterocycles. The van der Waals surface area contributed by atoms with Crippen molar-refractivity contribution in [2.75, 3.05) is 6.61 Å². The Morgan fingerprint density at radius 3 is 0.823 bits per heavy atom. The summed E-state index contributed by atoms with van der Waals surface area (Å²) in [6.45, 7) is -3.04. The van der Waals surface area contributed by atoms with E-state index in [-0.39, 0.29) is 0 Å². The molecule has 374 valence electrons. The second kappa shape index (κ2) is 14.8. The van der Waals surface area contributed by atoms with Crippen LogP contribution in [0.4, 0.5) is 140 Å². The molecule has 0 radical (unpaired) electrons. The molecule has 0 fully saturated rings. The molecular formula is C20H10F32O8S2. The van der Waals surface area contributed by atoms with Crippen molar-refractivity contribution in [2.45, 2.75) is 112 Å². The van der Waals surface area contributed by atoms with Crippen molar-refractivity contribution in [1.82, 2.24) is 0 Å². The minimum absolute atomic E-state index is 3.04. The zero-order valence-electron chi connectivity index (χ0n) is 27.0. The molecule has 0 aromatic heterocycles. The number of rotatable bonds is 19. The Morgan fingerprint density at radius 2 is 0.581 bits per heavy atom. The summed E-state index contributed by atoms with van der Waals surface area (Å²) in [5, 5.41) is -0.508. The molecule has 42 heteroatoms. The summed E-state index contributed by atoms with van der Waals surface area (Å²) in [6.07, 6.45) is -26.1. The molecule has 3 atom stereocenters. The van der Waals surface area contributed by atoms with Crippen LogP contribution in [0.2, 0.25) is 0 Å². The Morgan fingerprint density at radius 1 is 0.339 bits per heavy atom. The minimum Gasteiger partial charge on any atom is -0.396 e. The van der Waals surface area contributed by atoms with Gasteiger partial charge in [0, 0.05) is 6.61 Å². The van der Waals surface area contributed by atoms with Crippen LogP contribution in [0.1, 0.15) is 12.8 Å². The molecule has 0 aromatic rings. The van der Waals surface area contributed by atoms with Gasteiger partial charge in [0.2, 0.25) is 0 Å². The van der Waals surface area contributed by atoms with Crippen LogP contribution in [0.5, 0.6) is 0 Å². The molecule has 0 aliphatic rings. The fourth-order valence-electron chi connectivity index (χ4n) is 4.56. The summed E-state index contributed by atoms with van der Waals surface area (Å²) in [7, 11) is -19.3. The highest BCUT2D eigenvalue weighted by Gasteiger charge is 3.05. The zero-order chi connectivity index (χ0) is 51.6. The number of halogens is 32. The van der Waals surface area contributed by atoms with Gasteiger partial charge in [0.15, 0.2) is 5.60 Å². The molecule has 0 spiro atoms. The quantitative estimate of drug-likeness (QED) is 0.0746. The van der Waals surface area contributed by atoms with Crippen LogP contribution in [0.25, 0.3) is 0 Å². The highest BCUT2D eigenvalue weighted by molar-refractivity contribution is 7.87. The minimum atomic E-state index is -10.8. The normalized spacial score (nSPS) is 19.5. The van der Waals surface area contributed by atoms with Crippen LogP contribution in [-0.4, -0.2) is 142 Å². The molecule has 4 N–H and O–H groups in total. The van der Waals surface area contributed by atoms with Gasteiger partial charge in [-0.3, -0.25) is 9.11 Å². The van der Waals surface area contributed by atoms with E-state index in [0.717, 1.165) is 0 Å². The Bertz CT molecular complexity index is 1890. The van der Waals surface area contributed by atoms with Gasteiger partial charge in [-0.15, -0.1) is 0 Å². The first-order valence-corrected chi connectivity index (χ1v) is 16.3. The van der Waals surface area contributed by atoms with E-state index < -0.39 is 139 Å². The molecule has 0 aliphatic heterocycles. The SMILES string of the molecule is O=S(=O)(O)C(F)(F)C(F)(F)C(F)(F)C(F)(C(F)(F)C(F)(F)C(F)(F)C(F)(F)F)C(O)(CCCO)C(F)(C(F)(F)C(F)(F)C(F)(F)C(F)(F)C(F)(F)C(F)(F)C(F)(F)F)S(=O)(=O)O. The van der Waals surface area contributed by atoms with Gasteiger partial charge in [-0.05, 0) is 12.8 Å². The van der Waals surface area contributed by atoms with Crippen molar-refractivity contribution in [1.29, 1.82) is 0 Å². The molecule has 62 heavy (non-hydrogen) atoms. The third-order valence-corrected chi connectivity index (χ3v) is 10.2. The lowest BCUT2D eigenvalue weighted by Crippen LogP contribution is -2.89. The average molecular weight is 1050 g/mol. The summed E-state index contributed by atoms with van der Waals surface area (Å²) < 4.78 is 516. The predicted molar refractivity (Wildman–Crippen MR) is 124 cm³/mol. The van der Waals surface area contributed by atoms with E-state index in [1.54, 1.807) is 0 Å². The molecule has 0 aliphatic carbocycles. The van der Waals surface area contributed by atoms with E-state index in [2.05, 4.69) is 0 Å². The van der Waals surface area contributed by atoms with Crippen LogP contribution in [0, 0.1) is 0 Å². The van der Waals surface area contributed by atoms with Crippen molar-refractivity contribution >= 4 is 20.2 Å². The van der Waals surface area contributed by atoms with Gasteiger partial charge in [-0.1, -0.05) is 0 Å². The van der Waals surface area contributed by atoms with Gasteiger partial charge in [-0.25, -0.2) is 8.78 Å². The second-order valence-corrected chi connectivity index (χ2v) is 14.7. The van der Waals surface area contributed by atoms with E-state index in [4.69, 9.17) is 14.2 Å². The van der Waals surface area contributed by atoms with Gasteiger partial charge in [-0.2, -0.15) is 149 Å². The van der Waals surface area contributed by atoms with Crippen LogP contribution < -0.4 is 0 Å². The van der Waals surface area contributed by atoms with Crippen LogP contribution in [0.15, 0.2) is 0 Å². The van der Waals surface area contributed by atoms with Gasteiger partial charge in [0.25, 0.3) is 5.67 Å². The number of hydrogen-bond acceptors (Lipinski definition) is 6. The molecule has 0 aromatic carbocycles. The average Bonchev–Trinajstić information content (AvgIpc) is 3.02. The van der Waals surface area contributed by atoms with Gasteiger partial charge in [0.05, 0.1) is 0 Å². The predicted octanol–water partition coefficient (Wildman–Crippen LogP) is 8.35. The molecule has 0 rings (SSSR count). The van der Waals surface area contributed by atoms with Crippen LogP contribution in [0.3, 0.4) is 0 Å². The Kier molecular flexibility index (Phi) is 14.2. The van der Waals surface area contributed by atoms with Crippen molar-refractivity contribution in [3.05, 3.63) is 0 Å². The molecule has 0 saturated heterocycles. The number of alkyl halides is 32. The molecule has 0 saturated carbocycles. The van der Waals surface area contributed by atoms with Gasteiger partial charge >= 0.3 is 108 Å². The fraction of sp³-hybridized carbons (Fsp3) is 1.00. The summed E-state index contributed by atoms with van der Waals surface area (Å²) >= 11 is 0. The van der Waals surface area contributed by atoms with Gasteiger partial charge < -0.3 is 10.2 Å². The molecule has 8 nitrogen and oxygen atoms in total. The summed E-state index contributed by atoms with van der Waals surface area (Å²) in [4.78, 5) is 0. The van der Waals surface area contributed by atoms with E-state index >= 15 is 35.1 Å². The van der Waals surface area contributed by atoms with Crippen LogP contribution in [-0.2, 0) is 20.2 Å². The van der Waals surface area contributed by atoms with E-state index in [1.807, 2.05) is 0 Å². The maximum absolute atomic E-state index is 16.5. The maximum Gasteiger partial charge on any atom is 0.460 e. The Labute approximate surface area is 316 Å². The van der Waals surface area contributed by atoms with Gasteiger partial charge in [0.1, 0.15) is 0 Å². The third-order valence-electron chi connectivity index (χ3n) is 7.98.